The van der Waals surface area contributed by atoms with Gasteiger partial charge in [-0.3, -0.25) is 14.7 Å². The lowest BCUT2D eigenvalue weighted by Crippen LogP contribution is -2.25. The van der Waals surface area contributed by atoms with E-state index in [9.17, 15) is 20.1 Å². The summed E-state index contributed by atoms with van der Waals surface area (Å²) in [6, 6.07) is 2.36. The fraction of sp³-hybridized carbons (Fsp3) is 0.357. The second kappa shape index (κ2) is 7.47. The molecule has 0 unspecified atom stereocenters. The Morgan fingerprint density at radius 3 is 2.64 bits per heavy atom. The van der Waals surface area contributed by atoms with E-state index in [0.717, 1.165) is 6.07 Å². The van der Waals surface area contributed by atoms with Gasteiger partial charge in [0.05, 0.1) is 24.7 Å². The van der Waals surface area contributed by atoms with Gasteiger partial charge in [0.15, 0.2) is 18.1 Å². The van der Waals surface area contributed by atoms with E-state index >= 15 is 0 Å². The van der Waals surface area contributed by atoms with E-state index in [2.05, 4.69) is 9.79 Å². The van der Waals surface area contributed by atoms with E-state index in [1.54, 1.807) is 6.92 Å². The average molecular weight is 353 g/mol. The van der Waals surface area contributed by atoms with Crippen molar-refractivity contribution in [1.82, 2.24) is 5.16 Å². The van der Waals surface area contributed by atoms with Gasteiger partial charge in [-0.1, -0.05) is 0 Å². The topological polar surface area (TPSA) is 141 Å². The molecule has 2 aromatic rings. The van der Waals surface area contributed by atoms with Crippen LogP contribution in [0.2, 0.25) is 0 Å². The number of ether oxygens (including phenoxy) is 3. The van der Waals surface area contributed by atoms with Crippen LogP contribution >= 0.6 is 0 Å². The van der Waals surface area contributed by atoms with Crippen LogP contribution < -0.4 is 14.4 Å². The standard InChI is InChI=1S/C14H15N3O8/c1-4-23-13(18)7-24-12-6-10(16(19)20)9(5-11(12)22-3)14-8(2)17(21)25-15-14/h5-6H,4,7H2,1-3H3. The van der Waals surface area contributed by atoms with Crippen LogP contribution in [0.3, 0.4) is 0 Å². The quantitative estimate of drug-likeness (QED) is 0.310. The molecule has 0 atom stereocenters. The van der Waals surface area contributed by atoms with Gasteiger partial charge in [0, 0.05) is 18.1 Å². The molecule has 0 aliphatic carbocycles. The van der Waals surface area contributed by atoms with E-state index < -0.39 is 23.2 Å². The van der Waals surface area contributed by atoms with E-state index in [0.29, 0.717) is 0 Å². The fourth-order valence-electron chi connectivity index (χ4n) is 2.04. The van der Waals surface area contributed by atoms with Crippen LogP contribution in [0.5, 0.6) is 11.5 Å². The lowest BCUT2D eigenvalue weighted by Gasteiger charge is -2.11. The van der Waals surface area contributed by atoms with E-state index in [1.165, 1.54) is 20.1 Å². The first-order valence-electron chi connectivity index (χ1n) is 7.10. The number of carbonyl (C=O) groups excluding carboxylic acids is 1. The summed E-state index contributed by atoms with van der Waals surface area (Å²) < 4.78 is 19.6. The summed E-state index contributed by atoms with van der Waals surface area (Å²) in [7, 11) is 1.33. The molecule has 0 radical (unpaired) electrons. The number of hydrogen-bond acceptors (Lipinski definition) is 9. The summed E-state index contributed by atoms with van der Waals surface area (Å²) in [5.41, 5.74) is -0.333. The second-order valence-electron chi connectivity index (χ2n) is 4.74. The molecule has 1 aromatic heterocycles. The Bertz CT molecular complexity index is 802. The highest BCUT2D eigenvalue weighted by Gasteiger charge is 2.29. The van der Waals surface area contributed by atoms with Crippen LogP contribution in [-0.4, -0.2) is 36.4 Å². The highest BCUT2D eigenvalue weighted by molar-refractivity contribution is 5.76. The summed E-state index contributed by atoms with van der Waals surface area (Å²) in [6.45, 7) is 2.78. The number of rotatable bonds is 7. The predicted octanol–water partition coefficient (Wildman–Crippen LogP) is 1.14. The van der Waals surface area contributed by atoms with Gasteiger partial charge in [-0.2, -0.15) is 0 Å². The number of nitro groups is 1. The van der Waals surface area contributed by atoms with Crippen LogP contribution in [0.25, 0.3) is 11.3 Å². The molecule has 0 aliphatic heterocycles. The minimum absolute atomic E-state index is 0.00283. The molecule has 0 amide bonds. The molecule has 0 aliphatic rings. The van der Waals surface area contributed by atoms with Crippen molar-refractivity contribution in [2.24, 2.45) is 0 Å². The number of methoxy groups -OCH3 is 1. The second-order valence-corrected chi connectivity index (χ2v) is 4.74. The molecule has 2 rings (SSSR count). The van der Waals surface area contributed by atoms with Crippen molar-refractivity contribution in [1.29, 1.82) is 0 Å². The molecular weight excluding hydrogens is 338 g/mol. The third-order valence-electron chi connectivity index (χ3n) is 3.21. The molecule has 134 valence electrons. The third kappa shape index (κ3) is 3.76. The molecule has 25 heavy (non-hydrogen) atoms. The van der Waals surface area contributed by atoms with E-state index in [1.807, 2.05) is 0 Å². The van der Waals surface area contributed by atoms with Crippen LogP contribution in [0.1, 0.15) is 12.6 Å². The summed E-state index contributed by atoms with van der Waals surface area (Å²) in [6.07, 6.45) is 0. The number of aromatic nitrogens is 2. The first-order valence-corrected chi connectivity index (χ1v) is 7.10. The van der Waals surface area contributed by atoms with Crippen molar-refractivity contribution >= 4 is 11.7 Å². The number of esters is 1. The molecular formula is C14H15N3O8. The Kier molecular flexibility index (Phi) is 5.37. The molecule has 0 saturated carbocycles. The molecule has 0 spiro atoms. The third-order valence-corrected chi connectivity index (χ3v) is 3.21. The highest BCUT2D eigenvalue weighted by atomic mass is 16.8. The summed E-state index contributed by atoms with van der Waals surface area (Å²) >= 11 is 0. The van der Waals surface area contributed by atoms with Crippen LogP contribution in [0.4, 0.5) is 5.69 Å². The maximum atomic E-state index is 11.4. The number of nitrogens with zero attached hydrogens (tertiary/aromatic N) is 3. The highest BCUT2D eigenvalue weighted by Crippen LogP contribution is 2.39. The van der Waals surface area contributed by atoms with Crippen LogP contribution in [0, 0.1) is 22.2 Å². The largest absolute Gasteiger partial charge is 0.493 e. The summed E-state index contributed by atoms with van der Waals surface area (Å²) in [5, 5.41) is 26.3. The first kappa shape index (κ1) is 18.0. The Hall–Kier alpha value is -3.37. The summed E-state index contributed by atoms with van der Waals surface area (Å²) in [5.74, 6) is -0.539. The van der Waals surface area contributed by atoms with Crippen LogP contribution in [0.15, 0.2) is 16.8 Å². The zero-order chi connectivity index (χ0) is 18.6. The van der Waals surface area contributed by atoms with Gasteiger partial charge in [-0.05, 0) is 11.8 Å². The first-order chi connectivity index (χ1) is 11.9. The molecule has 0 saturated heterocycles. The Labute approximate surface area is 141 Å². The lowest BCUT2D eigenvalue weighted by atomic mass is 10.1. The molecule has 0 bridgehead atoms. The smallest absolute Gasteiger partial charge is 0.344 e. The van der Waals surface area contributed by atoms with Crippen molar-refractivity contribution in [3.8, 4) is 22.8 Å². The minimum atomic E-state index is -0.671. The predicted molar refractivity (Wildman–Crippen MR) is 81.0 cm³/mol. The molecule has 11 heteroatoms. The molecule has 0 N–H and O–H groups in total. The zero-order valence-corrected chi connectivity index (χ0v) is 13.7. The van der Waals surface area contributed by atoms with Crippen molar-refractivity contribution < 1.29 is 33.5 Å². The number of nitro benzene ring substituents is 1. The maximum Gasteiger partial charge on any atom is 0.344 e. The molecule has 11 nitrogen and oxygen atoms in total. The zero-order valence-electron chi connectivity index (χ0n) is 13.7. The SMILES string of the molecule is CCOC(=O)COc1cc([N+](=O)[O-])c(-c2no[n+]([O-])c2C)cc1OC. The van der Waals surface area contributed by atoms with Gasteiger partial charge in [0.1, 0.15) is 5.56 Å². The monoisotopic (exact) mass is 353 g/mol. The molecule has 1 aromatic carbocycles. The van der Waals surface area contributed by atoms with Crippen molar-refractivity contribution in [3.05, 3.63) is 33.1 Å². The van der Waals surface area contributed by atoms with Gasteiger partial charge in [0.25, 0.3) is 11.4 Å². The number of benzene rings is 1. The van der Waals surface area contributed by atoms with Crippen molar-refractivity contribution in [3.63, 3.8) is 0 Å². The number of carbonyl (C=O) groups is 1. The maximum absolute atomic E-state index is 11.4. The fourth-order valence-corrected chi connectivity index (χ4v) is 2.04. The normalized spacial score (nSPS) is 10.4. The average Bonchev–Trinajstić information content (AvgIpc) is 2.91. The van der Waals surface area contributed by atoms with Crippen LogP contribution in [-0.2, 0) is 9.53 Å². The van der Waals surface area contributed by atoms with Gasteiger partial charge < -0.3 is 19.4 Å². The van der Waals surface area contributed by atoms with Gasteiger partial charge in [-0.25, -0.2) is 4.79 Å². The van der Waals surface area contributed by atoms with Crippen molar-refractivity contribution in [2.45, 2.75) is 13.8 Å². The number of hydrogen-bond donors (Lipinski definition) is 0. The minimum Gasteiger partial charge on any atom is -0.493 e. The van der Waals surface area contributed by atoms with Gasteiger partial charge >= 0.3 is 5.97 Å². The summed E-state index contributed by atoms with van der Waals surface area (Å²) in [4.78, 5) is 22.2. The van der Waals surface area contributed by atoms with Crippen molar-refractivity contribution in [2.75, 3.05) is 20.3 Å². The molecule has 0 fully saturated rings. The van der Waals surface area contributed by atoms with E-state index in [-0.39, 0.29) is 40.0 Å². The Balaban J connectivity index is 2.47. The Morgan fingerprint density at radius 1 is 1.40 bits per heavy atom. The van der Waals surface area contributed by atoms with Gasteiger partial charge in [-0.15, -0.1) is 0 Å². The van der Waals surface area contributed by atoms with Gasteiger partial charge in [0.2, 0.25) is 5.69 Å². The lowest BCUT2D eigenvalue weighted by molar-refractivity contribution is -0.806. The molecule has 1 heterocycles. The Morgan fingerprint density at radius 2 is 2.12 bits per heavy atom. The van der Waals surface area contributed by atoms with E-state index in [4.69, 9.17) is 14.2 Å².